The maximum atomic E-state index is 12.0. The number of carbonyl (C=O) groups is 1. The fraction of sp³-hybridized carbons (Fsp3) is 0.294. The van der Waals surface area contributed by atoms with Crippen molar-refractivity contribution in [3.05, 3.63) is 48.7 Å². The molecule has 0 aliphatic carbocycles. The average molecular weight is 354 g/mol. The van der Waals surface area contributed by atoms with Crippen LogP contribution in [0.5, 0.6) is 11.6 Å². The van der Waals surface area contributed by atoms with E-state index in [9.17, 15) is 18.0 Å². The van der Waals surface area contributed by atoms with Crippen molar-refractivity contribution in [1.29, 1.82) is 0 Å². The molecule has 0 radical (unpaired) electrons. The molecular formula is C17H17F3N2O3. The van der Waals surface area contributed by atoms with Crippen molar-refractivity contribution < 1.29 is 27.4 Å². The second-order valence-electron chi connectivity index (χ2n) is 5.10. The van der Waals surface area contributed by atoms with Crippen molar-refractivity contribution in [2.75, 3.05) is 18.5 Å². The number of nitrogens with one attached hydrogen (secondary N) is 1. The zero-order valence-corrected chi connectivity index (χ0v) is 13.3. The van der Waals surface area contributed by atoms with Gasteiger partial charge >= 0.3 is 6.18 Å². The monoisotopic (exact) mass is 354 g/mol. The van der Waals surface area contributed by atoms with E-state index in [0.29, 0.717) is 18.7 Å². The third kappa shape index (κ3) is 7.56. The maximum absolute atomic E-state index is 12.0. The van der Waals surface area contributed by atoms with Crippen LogP contribution in [0.2, 0.25) is 0 Å². The SMILES string of the molecule is O=C(CCCOc1ccccc1)Nc1ccc(OCC(F)(F)F)nc1. The van der Waals surface area contributed by atoms with Gasteiger partial charge in [0.2, 0.25) is 11.8 Å². The molecule has 1 heterocycles. The van der Waals surface area contributed by atoms with Gasteiger partial charge in [0.1, 0.15) is 5.75 Å². The van der Waals surface area contributed by atoms with Crippen molar-refractivity contribution in [1.82, 2.24) is 4.98 Å². The number of alkyl halides is 3. The first kappa shape index (κ1) is 18.6. The number of pyridine rings is 1. The summed E-state index contributed by atoms with van der Waals surface area (Å²) in [6, 6.07) is 11.9. The van der Waals surface area contributed by atoms with Crippen LogP contribution in [0.25, 0.3) is 0 Å². The summed E-state index contributed by atoms with van der Waals surface area (Å²) in [4.78, 5) is 15.5. The molecule has 0 saturated carbocycles. The van der Waals surface area contributed by atoms with Crippen molar-refractivity contribution in [3.63, 3.8) is 0 Å². The number of carbonyl (C=O) groups excluding carboxylic acids is 1. The summed E-state index contributed by atoms with van der Waals surface area (Å²) in [5.41, 5.74) is 0.383. The number of benzene rings is 1. The van der Waals surface area contributed by atoms with Gasteiger partial charge in [-0.2, -0.15) is 13.2 Å². The van der Waals surface area contributed by atoms with Gasteiger partial charge in [-0.15, -0.1) is 0 Å². The molecule has 0 saturated heterocycles. The lowest BCUT2D eigenvalue weighted by Crippen LogP contribution is -2.19. The number of aromatic nitrogens is 1. The molecule has 2 aromatic rings. The van der Waals surface area contributed by atoms with Gasteiger partial charge in [-0.25, -0.2) is 4.98 Å². The number of amides is 1. The Morgan fingerprint density at radius 3 is 2.48 bits per heavy atom. The van der Waals surface area contributed by atoms with Crippen LogP contribution in [0.15, 0.2) is 48.7 Å². The first-order valence-corrected chi connectivity index (χ1v) is 7.56. The molecule has 0 unspecified atom stereocenters. The number of hydrogen-bond acceptors (Lipinski definition) is 4. The topological polar surface area (TPSA) is 60.5 Å². The van der Waals surface area contributed by atoms with E-state index >= 15 is 0 Å². The Morgan fingerprint density at radius 2 is 1.84 bits per heavy atom. The Hall–Kier alpha value is -2.77. The highest BCUT2D eigenvalue weighted by atomic mass is 19.4. The first-order valence-electron chi connectivity index (χ1n) is 7.56. The fourth-order valence-electron chi connectivity index (χ4n) is 1.86. The molecule has 1 aromatic heterocycles. The Bertz CT molecular complexity index is 661. The largest absolute Gasteiger partial charge is 0.494 e. The molecule has 134 valence electrons. The van der Waals surface area contributed by atoms with Gasteiger partial charge in [0.05, 0.1) is 18.5 Å². The molecular weight excluding hydrogens is 337 g/mol. The van der Waals surface area contributed by atoms with Gasteiger partial charge < -0.3 is 14.8 Å². The van der Waals surface area contributed by atoms with Crippen LogP contribution in [-0.4, -0.2) is 30.3 Å². The summed E-state index contributed by atoms with van der Waals surface area (Å²) in [5.74, 6) is 0.343. The Morgan fingerprint density at radius 1 is 1.08 bits per heavy atom. The van der Waals surface area contributed by atoms with Crippen LogP contribution < -0.4 is 14.8 Å². The highest BCUT2D eigenvalue weighted by Gasteiger charge is 2.28. The molecule has 8 heteroatoms. The minimum atomic E-state index is -4.42. The standard InChI is InChI=1S/C17H17F3N2O3/c18-17(19,20)12-25-16-9-8-13(11-21-16)22-15(23)7-4-10-24-14-5-2-1-3-6-14/h1-3,5-6,8-9,11H,4,7,10,12H2,(H,22,23). The molecule has 5 nitrogen and oxygen atoms in total. The van der Waals surface area contributed by atoms with Crippen molar-refractivity contribution in [2.45, 2.75) is 19.0 Å². The summed E-state index contributed by atoms with van der Waals surface area (Å²) in [6.45, 7) is -1.01. The van der Waals surface area contributed by atoms with Crippen LogP contribution in [-0.2, 0) is 4.79 Å². The number of nitrogens with zero attached hydrogens (tertiary/aromatic N) is 1. The highest BCUT2D eigenvalue weighted by molar-refractivity contribution is 5.90. The number of para-hydroxylation sites is 1. The van der Waals surface area contributed by atoms with Crippen molar-refractivity contribution in [3.8, 4) is 11.6 Å². The molecule has 0 spiro atoms. The minimum Gasteiger partial charge on any atom is -0.494 e. The fourth-order valence-corrected chi connectivity index (χ4v) is 1.86. The molecule has 0 bridgehead atoms. The second kappa shape index (κ2) is 8.91. The van der Waals surface area contributed by atoms with E-state index in [2.05, 4.69) is 15.0 Å². The van der Waals surface area contributed by atoms with Crippen molar-refractivity contribution in [2.24, 2.45) is 0 Å². The molecule has 1 aromatic carbocycles. The Kier molecular flexibility index (Phi) is 6.62. The van der Waals surface area contributed by atoms with Crippen LogP contribution in [0.3, 0.4) is 0 Å². The minimum absolute atomic E-state index is 0.161. The van der Waals surface area contributed by atoms with Crippen LogP contribution in [0, 0.1) is 0 Å². The van der Waals surface area contributed by atoms with E-state index in [0.717, 1.165) is 5.75 Å². The smallest absolute Gasteiger partial charge is 0.422 e. The van der Waals surface area contributed by atoms with E-state index in [1.165, 1.54) is 18.3 Å². The normalized spacial score (nSPS) is 11.0. The predicted molar refractivity (Wildman–Crippen MR) is 85.6 cm³/mol. The summed E-state index contributed by atoms with van der Waals surface area (Å²) >= 11 is 0. The van der Waals surface area contributed by atoms with Gasteiger partial charge in [0.15, 0.2) is 6.61 Å². The molecule has 0 aliphatic heterocycles. The molecule has 2 rings (SSSR count). The lowest BCUT2D eigenvalue weighted by molar-refractivity contribution is -0.154. The molecule has 1 N–H and O–H groups in total. The molecule has 0 fully saturated rings. The Labute approximate surface area is 142 Å². The molecule has 25 heavy (non-hydrogen) atoms. The number of halogens is 3. The predicted octanol–water partition coefficient (Wildman–Crippen LogP) is 3.82. The first-order chi connectivity index (χ1) is 11.9. The van der Waals surface area contributed by atoms with E-state index in [4.69, 9.17) is 4.74 Å². The third-order valence-corrected chi connectivity index (χ3v) is 2.96. The molecule has 0 atom stereocenters. The van der Waals surface area contributed by atoms with Gasteiger partial charge in [-0.1, -0.05) is 18.2 Å². The van der Waals surface area contributed by atoms with E-state index in [1.807, 2.05) is 30.3 Å². The zero-order valence-electron chi connectivity index (χ0n) is 13.3. The van der Waals surface area contributed by atoms with Gasteiger partial charge in [-0.05, 0) is 24.6 Å². The van der Waals surface area contributed by atoms with Gasteiger partial charge in [0, 0.05) is 12.5 Å². The summed E-state index contributed by atoms with van der Waals surface area (Å²) in [6.07, 6.45) is -2.40. The zero-order chi connectivity index (χ0) is 18.1. The maximum Gasteiger partial charge on any atom is 0.422 e. The van der Waals surface area contributed by atoms with Crippen LogP contribution >= 0.6 is 0 Å². The number of hydrogen-bond donors (Lipinski definition) is 1. The lowest BCUT2D eigenvalue weighted by Gasteiger charge is -2.09. The quantitative estimate of drug-likeness (QED) is 0.732. The van der Waals surface area contributed by atoms with Gasteiger partial charge in [0.25, 0.3) is 0 Å². The van der Waals surface area contributed by atoms with Crippen LogP contribution in [0.1, 0.15) is 12.8 Å². The number of rotatable bonds is 8. The average Bonchev–Trinajstić information content (AvgIpc) is 2.58. The highest BCUT2D eigenvalue weighted by Crippen LogP contribution is 2.18. The second-order valence-corrected chi connectivity index (χ2v) is 5.10. The van der Waals surface area contributed by atoms with E-state index < -0.39 is 12.8 Å². The van der Waals surface area contributed by atoms with Crippen LogP contribution in [0.4, 0.5) is 18.9 Å². The van der Waals surface area contributed by atoms with Crippen molar-refractivity contribution >= 4 is 11.6 Å². The van der Waals surface area contributed by atoms with Gasteiger partial charge in [-0.3, -0.25) is 4.79 Å². The summed E-state index contributed by atoms with van der Waals surface area (Å²) < 4.78 is 46.0. The summed E-state index contributed by atoms with van der Waals surface area (Å²) in [7, 11) is 0. The molecule has 1 amide bonds. The van der Waals surface area contributed by atoms with E-state index in [-0.39, 0.29) is 18.2 Å². The summed E-state index contributed by atoms with van der Waals surface area (Å²) in [5, 5.41) is 2.61. The number of ether oxygens (including phenoxy) is 2. The number of anilines is 1. The lowest BCUT2D eigenvalue weighted by atomic mass is 10.3. The Balaban J connectivity index is 1.68. The molecule has 0 aliphatic rings. The van der Waals surface area contributed by atoms with E-state index in [1.54, 1.807) is 0 Å². The third-order valence-electron chi connectivity index (χ3n) is 2.96.